The highest BCUT2D eigenvalue weighted by molar-refractivity contribution is 7.15. The number of benzene rings is 2. The van der Waals surface area contributed by atoms with Crippen LogP contribution in [-0.2, 0) is 0 Å². The number of aromatic nitrogens is 3. The molecule has 1 atom stereocenters. The molecule has 7 nitrogen and oxygen atoms in total. The van der Waals surface area contributed by atoms with Crippen LogP contribution in [0.4, 0.5) is 0 Å². The maximum Gasteiger partial charge on any atom is 0.291 e. The molecule has 2 aromatic heterocycles. The molecule has 33 heavy (non-hydrogen) atoms. The fourth-order valence-corrected chi connectivity index (χ4v) is 4.62. The third-order valence-corrected chi connectivity index (χ3v) is 6.42. The topological polar surface area (TPSA) is 74.9 Å². The summed E-state index contributed by atoms with van der Waals surface area (Å²) in [5.41, 5.74) is 0.666. The van der Waals surface area contributed by atoms with Crippen molar-refractivity contribution in [1.29, 1.82) is 0 Å². The molecule has 0 fully saturated rings. The second-order valence-electron chi connectivity index (χ2n) is 7.89. The lowest BCUT2D eigenvalue weighted by Gasteiger charge is -2.24. The van der Waals surface area contributed by atoms with Crippen molar-refractivity contribution in [3.05, 3.63) is 74.8 Å². The van der Waals surface area contributed by atoms with Gasteiger partial charge in [0.05, 0.1) is 11.1 Å². The second-order valence-corrected chi connectivity index (χ2v) is 8.90. The van der Waals surface area contributed by atoms with E-state index in [-0.39, 0.29) is 5.56 Å². The van der Waals surface area contributed by atoms with E-state index < -0.39 is 6.10 Å². The number of fused-ring (bicyclic) bond motifs is 2. The molecular weight excluding hydrogens is 438 g/mol. The number of hydrogen-bond acceptors (Lipinski definition) is 7. The molecule has 1 aliphatic heterocycles. The summed E-state index contributed by atoms with van der Waals surface area (Å²) in [6.07, 6.45) is 5.98. The summed E-state index contributed by atoms with van der Waals surface area (Å²) in [7, 11) is 0. The minimum Gasteiger partial charge on any atom is -0.493 e. The van der Waals surface area contributed by atoms with Crippen LogP contribution in [-0.4, -0.2) is 27.8 Å². The molecule has 0 amide bonds. The lowest BCUT2D eigenvalue weighted by Crippen LogP contribution is -2.26. The van der Waals surface area contributed by atoms with Gasteiger partial charge in [-0.05, 0) is 30.7 Å². The average molecular weight is 464 g/mol. The smallest absolute Gasteiger partial charge is 0.291 e. The number of ether oxygens (including phenoxy) is 3. The summed E-state index contributed by atoms with van der Waals surface area (Å²) in [5, 5.41) is 4.42. The third-order valence-electron chi connectivity index (χ3n) is 5.46. The summed E-state index contributed by atoms with van der Waals surface area (Å²) < 4.78 is 19.6. The molecule has 0 saturated carbocycles. The minimum absolute atomic E-state index is 0.205. The van der Waals surface area contributed by atoms with Gasteiger partial charge in [-0.3, -0.25) is 4.79 Å². The maximum atomic E-state index is 13.0. The van der Waals surface area contributed by atoms with E-state index >= 15 is 0 Å². The van der Waals surface area contributed by atoms with Crippen LogP contribution in [0.2, 0.25) is 0 Å². The first-order valence-electron chi connectivity index (χ1n) is 11.2. The molecule has 0 saturated heterocycles. The summed E-state index contributed by atoms with van der Waals surface area (Å²) in [4.78, 5) is 18.1. The van der Waals surface area contributed by atoms with Crippen molar-refractivity contribution in [2.24, 2.45) is 0 Å². The van der Waals surface area contributed by atoms with Crippen molar-refractivity contribution in [2.45, 2.75) is 38.7 Å². The molecule has 0 spiro atoms. The van der Waals surface area contributed by atoms with E-state index in [0.717, 1.165) is 24.2 Å². The minimum atomic E-state index is -0.458. The Morgan fingerprint density at radius 1 is 1.12 bits per heavy atom. The largest absolute Gasteiger partial charge is 0.493 e. The molecule has 4 aromatic rings. The zero-order valence-electron chi connectivity index (χ0n) is 18.4. The van der Waals surface area contributed by atoms with Gasteiger partial charge in [-0.2, -0.15) is 9.50 Å². The van der Waals surface area contributed by atoms with Gasteiger partial charge in [-0.25, -0.2) is 0 Å². The molecular formula is C25H25N3O4S. The van der Waals surface area contributed by atoms with Crippen molar-refractivity contribution in [3.8, 4) is 17.2 Å². The Balaban J connectivity index is 1.37. The molecule has 5 rings (SSSR count). The Labute approximate surface area is 195 Å². The van der Waals surface area contributed by atoms with Crippen LogP contribution in [0.5, 0.6) is 17.2 Å². The molecule has 0 radical (unpaired) electrons. The maximum absolute atomic E-state index is 13.0. The zero-order chi connectivity index (χ0) is 22.6. The van der Waals surface area contributed by atoms with E-state index in [0.29, 0.717) is 40.0 Å². The molecule has 8 heteroatoms. The van der Waals surface area contributed by atoms with Crippen LogP contribution < -0.4 is 24.3 Å². The fraction of sp³-hybridized carbons (Fsp3) is 0.320. The molecule has 0 bridgehead atoms. The quantitative estimate of drug-likeness (QED) is 0.365. The highest BCUT2D eigenvalue weighted by atomic mass is 32.1. The summed E-state index contributed by atoms with van der Waals surface area (Å²) in [5.74, 6) is 2.56. The fourth-order valence-electron chi connectivity index (χ4n) is 3.72. The zero-order valence-corrected chi connectivity index (χ0v) is 19.2. The van der Waals surface area contributed by atoms with Gasteiger partial charge in [0.2, 0.25) is 4.96 Å². The Kier molecular flexibility index (Phi) is 6.26. The van der Waals surface area contributed by atoms with Crippen LogP contribution in [0.1, 0.15) is 50.1 Å². The molecule has 2 aromatic carbocycles. The first-order chi connectivity index (χ1) is 16.2. The number of nitrogens with zero attached hydrogens (tertiary/aromatic N) is 3. The Bertz CT molecular complexity index is 1360. The normalized spacial score (nSPS) is 15.8. The lowest BCUT2D eigenvalue weighted by atomic mass is 10.2. The van der Waals surface area contributed by atoms with Gasteiger partial charge in [0.1, 0.15) is 12.4 Å². The molecule has 0 unspecified atom stereocenters. The van der Waals surface area contributed by atoms with E-state index in [1.165, 1.54) is 28.7 Å². The lowest BCUT2D eigenvalue weighted by molar-refractivity contribution is 0.0852. The average Bonchev–Trinajstić information content (AvgIpc) is 3.39. The van der Waals surface area contributed by atoms with E-state index in [2.05, 4.69) is 17.0 Å². The SMILES string of the molecule is CCCCCCOc1ccccc1/C=c1\sc2nc([C@H]3COc4ccccc4O3)nn2c1=O. The van der Waals surface area contributed by atoms with Gasteiger partial charge in [0.25, 0.3) is 5.56 Å². The first-order valence-corrected chi connectivity index (χ1v) is 12.1. The van der Waals surface area contributed by atoms with Gasteiger partial charge in [0, 0.05) is 5.56 Å². The van der Waals surface area contributed by atoms with Crippen molar-refractivity contribution >= 4 is 22.4 Å². The Hall–Kier alpha value is -3.39. The number of hydrogen-bond donors (Lipinski definition) is 0. The van der Waals surface area contributed by atoms with Gasteiger partial charge in [0.15, 0.2) is 23.4 Å². The summed E-state index contributed by atoms with van der Waals surface area (Å²) >= 11 is 1.30. The highest BCUT2D eigenvalue weighted by Crippen LogP contribution is 2.35. The molecule has 1 aliphatic rings. The number of unbranched alkanes of at least 4 members (excludes halogenated alkanes) is 3. The van der Waals surface area contributed by atoms with E-state index in [4.69, 9.17) is 14.2 Å². The monoisotopic (exact) mass is 463 g/mol. The standard InChI is InChI=1S/C25H25N3O4S/c1-2-3-4-9-14-30-18-11-6-5-10-17(18)15-22-24(29)28-25(33-22)26-23(27-28)21-16-31-19-12-7-8-13-20(19)32-21/h5-8,10-13,15,21H,2-4,9,14,16H2,1H3/b22-15-/t21-/m1/s1. The molecule has 3 heterocycles. The van der Waals surface area contributed by atoms with Crippen LogP contribution in [0.3, 0.4) is 0 Å². The van der Waals surface area contributed by atoms with Gasteiger partial charge < -0.3 is 14.2 Å². The third kappa shape index (κ3) is 4.57. The van der Waals surface area contributed by atoms with Crippen molar-refractivity contribution < 1.29 is 14.2 Å². The Morgan fingerprint density at radius 3 is 2.79 bits per heavy atom. The van der Waals surface area contributed by atoms with Crippen LogP contribution in [0.25, 0.3) is 11.0 Å². The van der Waals surface area contributed by atoms with Crippen molar-refractivity contribution in [3.63, 3.8) is 0 Å². The van der Waals surface area contributed by atoms with Crippen molar-refractivity contribution in [2.75, 3.05) is 13.2 Å². The predicted octanol–water partition coefficient (Wildman–Crippen LogP) is 4.17. The number of para-hydroxylation sites is 3. The Morgan fingerprint density at radius 2 is 1.94 bits per heavy atom. The van der Waals surface area contributed by atoms with E-state index in [1.807, 2.05) is 54.6 Å². The summed E-state index contributed by atoms with van der Waals surface area (Å²) in [6, 6.07) is 15.2. The van der Waals surface area contributed by atoms with Crippen LogP contribution in [0, 0.1) is 0 Å². The number of thiazole rings is 1. The summed E-state index contributed by atoms with van der Waals surface area (Å²) in [6.45, 7) is 3.15. The predicted molar refractivity (Wildman–Crippen MR) is 127 cm³/mol. The van der Waals surface area contributed by atoms with E-state index in [1.54, 1.807) is 0 Å². The van der Waals surface area contributed by atoms with Gasteiger partial charge in [-0.1, -0.05) is 67.9 Å². The van der Waals surface area contributed by atoms with E-state index in [9.17, 15) is 4.79 Å². The van der Waals surface area contributed by atoms with Gasteiger partial charge >= 0.3 is 0 Å². The first kappa shape index (κ1) is 21.5. The van der Waals surface area contributed by atoms with Crippen molar-refractivity contribution in [1.82, 2.24) is 14.6 Å². The molecule has 0 aliphatic carbocycles. The van der Waals surface area contributed by atoms with Crippen LogP contribution in [0.15, 0.2) is 53.3 Å². The van der Waals surface area contributed by atoms with Gasteiger partial charge in [-0.15, -0.1) is 5.10 Å². The molecule has 170 valence electrons. The van der Waals surface area contributed by atoms with Crippen LogP contribution >= 0.6 is 11.3 Å². The molecule has 0 N–H and O–H groups in total. The number of rotatable bonds is 8. The highest BCUT2D eigenvalue weighted by Gasteiger charge is 2.27. The second kappa shape index (κ2) is 9.62.